The van der Waals surface area contributed by atoms with E-state index in [0.29, 0.717) is 6.61 Å². The maximum Gasteiger partial charge on any atom is 0.310 e. The lowest BCUT2D eigenvalue weighted by atomic mass is 10.0. The summed E-state index contributed by atoms with van der Waals surface area (Å²) in [7, 11) is 0. The lowest BCUT2D eigenvalue weighted by Crippen LogP contribution is -2.07. The lowest BCUT2D eigenvalue weighted by molar-refractivity contribution is -0.138. The number of aryl methyl sites for hydroxylation is 1. The molecule has 2 aromatic carbocycles. The third kappa shape index (κ3) is 4.08. The molecule has 0 amide bonds. The zero-order valence-electron chi connectivity index (χ0n) is 12.0. The molecule has 0 aliphatic carbocycles. The predicted octanol–water partition coefficient (Wildman–Crippen LogP) is 4.52. The van der Waals surface area contributed by atoms with E-state index in [4.69, 9.17) is 9.84 Å². The highest BCUT2D eigenvalue weighted by Gasteiger charge is 2.13. The molecule has 21 heavy (non-hydrogen) atoms. The van der Waals surface area contributed by atoms with E-state index in [0.717, 1.165) is 26.9 Å². The van der Waals surface area contributed by atoms with Gasteiger partial charge in [0, 0.05) is 4.47 Å². The highest BCUT2D eigenvalue weighted by Crippen LogP contribution is 2.24. The third-order valence-electron chi connectivity index (χ3n) is 3.39. The van der Waals surface area contributed by atoms with Gasteiger partial charge >= 0.3 is 5.97 Å². The van der Waals surface area contributed by atoms with E-state index in [-0.39, 0.29) is 0 Å². The van der Waals surface area contributed by atoms with Crippen LogP contribution in [0.5, 0.6) is 5.75 Å². The Balaban J connectivity index is 2.04. The molecule has 110 valence electrons. The number of hydrogen-bond donors (Lipinski definition) is 1. The molecular formula is C17H17BrO3. The fourth-order valence-electron chi connectivity index (χ4n) is 1.94. The maximum absolute atomic E-state index is 10.9. The van der Waals surface area contributed by atoms with Crippen molar-refractivity contribution in [3.63, 3.8) is 0 Å². The van der Waals surface area contributed by atoms with Gasteiger partial charge in [-0.1, -0.05) is 46.3 Å². The first kappa shape index (κ1) is 15.6. The van der Waals surface area contributed by atoms with Crippen LogP contribution in [-0.4, -0.2) is 11.1 Å². The van der Waals surface area contributed by atoms with E-state index in [9.17, 15) is 4.79 Å². The normalized spacial score (nSPS) is 12.0. The molecule has 0 fully saturated rings. The zero-order chi connectivity index (χ0) is 15.4. The van der Waals surface area contributed by atoms with E-state index >= 15 is 0 Å². The zero-order valence-corrected chi connectivity index (χ0v) is 13.6. The number of carbonyl (C=O) groups is 1. The topological polar surface area (TPSA) is 46.5 Å². The van der Waals surface area contributed by atoms with E-state index in [1.54, 1.807) is 6.92 Å². The van der Waals surface area contributed by atoms with Gasteiger partial charge in [0.25, 0.3) is 0 Å². The second-order valence-electron chi connectivity index (χ2n) is 5.00. The number of carboxylic acids is 1. The van der Waals surface area contributed by atoms with Crippen molar-refractivity contribution >= 4 is 21.9 Å². The Morgan fingerprint density at radius 1 is 1.24 bits per heavy atom. The van der Waals surface area contributed by atoms with Crippen LogP contribution >= 0.6 is 15.9 Å². The molecule has 0 radical (unpaired) electrons. The van der Waals surface area contributed by atoms with E-state index in [2.05, 4.69) is 15.9 Å². The average Bonchev–Trinajstić information content (AvgIpc) is 2.48. The van der Waals surface area contributed by atoms with Crippen molar-refractivity contribution in [3.05, 3.63) is 63.6 Å². The van der Waals surface area contributed by atoms with Gasteiger partial charge in [0.15, 0.2) is 0 Å². The number of halogens is 1. The monoisotopic (exact) mass is 348 g/mol. The summed E-state index contributed by atoms with van der Waals surface area (Å²) in [5.74, 6) is -0.469. The van der Waals surface area contributed by atoms with Crippen molar-refractivity contribution < 1.29 is 14.6 Å². The smallest absolute Gasteiger partial charge is 0.310 e. The average molecular weight is 349 g/mol. The van der Waals surface area contributed by atoms with E-state index in [1.165, 1.54) is 0 Å². The molecule has 2 rings (SSSR count). The van der Waals surface area contributed by atoms with E-state index in [1.807, 2.05) is 49.4 Å². The first-order valence-corrected chi connectivity index (χ1v) is 7.47. The Morgan fingerprint density at radius 3 is 2.52 bits per heavy atom. The van der Waals surface area contributed by atoms with Gasteiger partial charge in [-0.05, 0) is 42.7 Å². The minimum atomic E-state index is -0.816. The first-order valence-electron chi connectivity index (χ1n) is 6.68. The first-order chi connectivity index (χ1) is 9.97. The van der Waals surface area contributed by atoms with Gasteiger partial charge in [-0.3, -0.25) is 4.79 Å². The molecule has 0 aliphatic rings. The van der Waals surface area contributed by atoms with Crippen molar-refractivity contribution in [2.24, 2.45) is 0 Å². The number of benzene rings is 2. The van der Waals surface area contributed by atoms with Crippen LogP contribution in [0.2, 0.25) is 0 Å². The summed E-state index contributed by atoms with van der Waals surface area (Å²) < 4.78 is 6.79. The van der Waals surface area contributed by atoms with Crippen LogP contribution in [-0.2, 0) is 11.4 Å². The fourth-order valence-corrected chi connectivity index (χ4v) is 2.28. The summed E-state index contributed by atoms with van der Waals surface area (Å²) in [5, 5.41) is 8.98. The highest BCUT2D eigenvalue weighted by atomic mass is 79.9. The minimum absolute atomic E-state index is 0.457. The van der Waals surface area contributed by atoms with Crippen molar-refractivity contribution in [2.75, 3.05) is 0 Å². The van der Waals surface area contributed by atoms with Crippen molar-refractivity contribution in [2.45, 2.75) is 26.4 Å². The Hall–Kier alpha value is -1.81. The van der Waals surface area contributed by atoms with Gasteiger partial charge in [-0.2, -0.15) is 0 Å². The number of hydrogen-bond acceptors (Lipinski definition) is 2. The number of rotatable bonds is 5. The Bertz CT molecular complexity index is 635. The molecule has 0 spiro atoms. The Morgan fingerprint density at radius 2 is 1.90 bits per heavy atom. The summed E-state index contributed by atoms with van der Waals surface area (Å²) in [6, 6.07) is 13.4. The van der Waals surface area contributed by atoms with Gasteiger partial charge in [0.05, 0.1) is 5.92 Å². The van der Waals surface area contributed by atoms with E-state index < -0.39 is 11.9 Å². The summed E-state index contributed by atoms with van der Waals surface area (Å²) in [6.07, 6.45) is 0. The Kier molecular flexibility index (Phi) is 5.02. The quantitative estimate of drug-likeness (QED) is 0.863. The van der Waals surface area contributed by atoms with Crippen LogP contribution in [0, 0.1) is 6.92 Å². The lowest BCUT2D eigenvalue weighted by Gasteiger charge is -2.11. The van der Waals surface area contributed by atoms with Crippen LogP contribution in [0.15, 0.2) is 46.9 Å². The molecule has 3 nitrogen and oxygen atoms in total. The molecular weight excluding hydrogens is 332 g/mol. The number of ether oxygens (including phenoxy) is 1. The molecule has 0 saturated carbocycles. The van der Waals surface area contributed by atoms with Gasteiger partial charge in [-0.25, -0.2) is 0 Å². The summed E-state index contributed by atoms with van der Waals surface area (Å²) >= 11 is 3.43. The van der Waals surface area contributed by atoms with Gasteiger partial charge in [-0.15, -0.1) is 0 Å². The SMILES string of the molecule is Cc1ccc(Br)cc1OCc1ccc(C(C)C(=O)O)cc1. The molecule has 0 bridgehead atoms. The second kappa shape index (κ2) is 6.76. The Labute approximate surface area is 132 Å². The molecule has 0 aliphatic heterocycles. The molecule has 1 atom stereocenters. The van der Waals surface area contributed by atoms with Gasteiger partial charge < -0.3 is 9.84 Å². The molecule has 4 heteroatoms. The molecule has 1 N–H and O–H groups in total. The van der Waals surface area contributed by atoms with Crippen molar-refractivity contribution in [1.29, 1.82) is 0 Å². The highest BCUT2D eigenvalue weighted by molar-refractivity contribution is 9.10. The summed E-state index contributed by atoms with van der Waals surface area (Å²) in [6.45, 7) is 4.14. The van der Waals surface area contributed by atoms with Crippen LogP contribution in [0.25, 0.3) is 0 Å². The number of carboxylic acid groups (broad SMARTS) is 1. The van der Waals surface area contributed by atoms with Gasteiger partial charge in [0.1, 0.15) is 12.4 Å². The largest absolute Gasteiger partial charge is 0.489 e. The van der Waals surface area contributed by atoms with Crippen LogP contribution in [0.4, 0.5) is 0 Å². The van der Waals surface area contributed by atoms with Crippen LogP contribution in [0.3, 0.4) is 0 Å². The van der Waals surface area contributed by atoms with Gasteiger partial charge in [0.2, 0.25) is 0 Å². The standard InChI is InChI=1S/C17H17BrO3/c1-11-3-8-15(18)9-16(11)21-10-13-4-6-14(7-5-13)12(2)17(19)20/h3-9,12H,10H2,1-2H3,(H,19,20). The summed E-state index contributed by atoms with van der Waals surface area (Å²) in [4.78, 5) is 10.9. The van der Waals surface area contributed by atoms with Crippen LogP contribution < -0.4 is 4.74 Å². The molecule has 1 unspecified atom stereocenters. The number of aliphatic carboxylic acids is 1. The molecule has 2 aromatic rings. The van der Waals surface area contributed by atoms with Crippen molar-refractivity contribution in [3.8, 4) is 5.75 Å². The third-order valence-corrected chi connectivity index (χ3v) is 3.89. The molecule has 0 heterocycles. The maximum atomic E-state index is 10.9. The molecule has 0 aromatic heterocycles. The van der Waals surface area contributed by atoms with Crippen molar-refractivity contribution in [1.82, 2.24) is 0 Å². The predicted molar refractivity (Wildman–Crippen MR) is 85.7 cm³/mol. The minimum Gasteiger partial charge on any atom is -0.489 e. The fraction of sp³-hybridized carbons (Fsp3) is 0.235. The van der Waals surface area contributed by atoms with Crippen LogP contribution in [0.1, 0.15) is 29.5 Å². The molecule has 0 saturated heterocycles. The summed E-state index contributed by atoms with van der Waals surface area (Å²) in [5.41, 5.74) is 2.88. The second-order valence-corrected chi connectivity index (χ2v) is 5.92.